The molecule has 0 aliphatic carbocycles. The van der Waals surface area contributed by atoms with Crippen LogP contribution in [0.3, 0.4) is 0 Å². The summed E-state index contributed by atoms with van der Waals surface area (Å²) in [6.07, 6.45) is 3.86. The first kappa shape index (κ1) is 13.5. The Hall–Kier alpha value is -0.940. The maximum atomic E-state index is 12.3. The van der Waals surface area contributed by atoms with E-state index in [9.17, 15) is 4.79 Å². The Kier molecular flexibility index (Phi) is 4.35. The lowest BCUT2D eigenvalue weighted by Gasteiger charge is -2.36. The molecule has 1 aromatic rings. The molecule has 1 amide bonds. The Morgan fingerprint density at radius 1 is 1.50 bits per heavy atom. The molecule has 1 aliphatic rings. The van der Waals surface area contributed by atoms with Gasteiger partial charge in [-0.2, -0.15) is 0 Å². The molecule has 0 radical (unpaired) electrons. The number of carbonyl (C=O) groups excluding carboxylic acids is 1. The molecule has 1 atom stereocenters. The number of hydrogen-bond donors (Lipinski definition) is 0. The average Bonchev–Trinajstić information content (AvgIpc) is 2.39. The van der Waals surface area contributed by atoms with Crippen LogP contribution in [-0.2, 0) is 0 Å². The van der Waals surface area contributed by atoms with Crippen LogP contribution in [0.25, 0.3) is 0 Å². The SMILES string of the molecule is CN(C)C1CCCN(C(=O)c2ccc(Br)nc2)C1. The molecular weight excluding hydrogens is 294 g/mol. The van der Waals surface area contributed by atoms with E-state index < -0.39 is 0 Å². The predicted molar refractivity (Wildman–Crippen MR) is 74.5 cm³/mol. The number of carbonyl (C=O) groups is 1. The minimum atomic E-state index is 0.0848. The molecule has 0 aromatic carbocycles. The molecule has 4 nitrogen and oxygen atoms in total. The second-order valence-corrected chi connectivity index (χ2v) is 5.69. The van der Waals surface area contributed by atoms with Crippen LogP contribution in [0.15, 0.2) is 22.9 Å². The van der Waals surface area contributed by atoms with Crippen LogP contribution in [-0.4, -0.2) is 53.9 Å². The van der Waals surface area contributed by atoms with E-state index in [1.165, 1.54) is 0 Å². The number of aromatic nitrogens is 1. The first-order valence-electron chi connectivity index (χ1n) is 6.15. The van der Waals surface area contributed by atoms with E-state index in [1.54, 1.807) is 12.3 Å². The van der Waals surface area contributed by atoms with Crippen LogP contribution in [0.4, 0.5) is 0 Å². The molecule has 1 unspecified atom stereocenters. The van der Waals surface area contributed by atoms with Gasteiger partial charge < -0.3 is 9.80 Å². The normalized spacial score (nSPS) is 20.2. The molecule has 1 saturated heterocycles. The van der Waals surface area contributed by atoms with Crippen molar-refractivity contribution < 1.29 is 4.79 Å². The van der Waals surface area contributed by atoms with E-state index in [1.807, 2.05) is 11.0 Å². The molecule has 1 aromatic heterocycles. The zero-order valence-corrected chi connectivity index (χ0v) is 12.4. The fraction of sp³-hybridized carbons (Fsp3) is 0.538. The highest BCUT2D eigenvalue weighted by Gasteiger charge is 2.25. The Bertz CT molecular complexity index is 419. The van der Waals surface area contributed by atoms with Gasteiger partial charge in [-0.1, -0.05) is 0 Å². The van der Waals surface area contributed by atoms with E-state index in [-0.39, 0.29) is 5.91 Å². The maximum Gasteiger partial charge on any atom is 0.255 e. The molecule has 1 fully saturated rings. The molecule has 0 spiro atoms. The van der Waals surface area contributed by atoms with Crippen molar-refractivity contribution in [3.63, 3.8) is 0 Å². The summed E-state index contributed by atoms with van der Waals surface area (Å²) >= 11 is 3.28. The highest BCUT2D eigenvalue weighted by atomic mass is 79.9. The van der Waals surface area contributed by atoms with Gasteiger partial charge in [-0.25, -0.2) is 4.98 Å². The van der Waals surface area contributed by atoms with Crippen LogP contribution in [0, 0.1) is 0 Å². The first-order chi connectivity index (χ1) is 8.58. The number of hydrogen-bond acceptors (Lipinski definition) is 3. The van der Waals surface area contributed by atoms with E-state index in [2.05, 4.69) is 39.9 Å². The smallest absolute Gasteiger partial charge is 0.255 e. The Balaban J connectivity index is 2.06. The van der Waals surface area contributed by atoms with E-state index in [0.29, 0.717) is 11.6 Å². The van der Waals surface area contributed by atoms with Crippen LogP contribution in [0.1, 0.15) is 23.2 Å². The van der Waals surface area contributed by atoms with E-state index in [4.69, 9.17) is 0 Å². The number of piperidine rings is 1. The molecule has 2 rings (SSSR count). The number of rotatable bonds is 2. The van der Waals surface area contributed by atoms with Gasteiger partial charge in [0.05, 0.1) is 5.56 Å². The van der Waals surface area contributed by atoms with Crippen LogP contribution < -0.4 is 0 Å². The summed E-state index contributed by atoms with van der Waals surface area (Å²) in [7, 11) is 4.14. The molecule has 1 aliphatic heterocycles. The number of likely N-dealkylation sites (tertiary alicyclic amines) is 1. The zero-order valence-electron chi connectivity index (χ0n) is 10.8. The summed E-state index contributed by atoms with van der Waals surface area (Å²) in [5.41, 5.74) is 0.664. The van der Waals surface area contributed by atoms with Crippen molar-refractivity contribution in [3.05, 3.63) is 28.5 Å². The molecule has 0 bridgehead atoms. The lowest BCUT2D eigenvalue weighted by molar-refractivity contribution is 0.0634. The number of amides is 1. The number of halogens is 1. The van der Waals surface area contributed by atoms with Gasteiger partial charge in [0.1, 0.15) is 4.60 Å². The van der Waals surface area contributed by atoms with Gasteiger partial charge in [-0.15, -0.1) is 0 Å². The van der Waals surface area contributed by atoms with Gasteiger partial charge >= 0.3 is 0 Å². The van der Waals surface area contributed by atoms with Gasteiger partial charge in [0.15, 0.2) is 0 Å². The molecule has 0 saturated carbocycles. The Morgan fingerprint density at radius 3 is 2.89 bits per heavy atom. The van der Waals surface area contributed by atoms with Crippen molar-refractivity contribution >= 4 is 21.8 Å². The molecule has 5 heteroatoms. The Labute approximate surface area is 116 Å². The number of pyridine rings is 1. The van der Waals surface area contributed by atoms with Crippen molar-refractivity contribution in [1.82, 2.24) is 14.8 Å². The molecule has 2 heterocycles. The summed E-state index contributed by atoms with van der Waals surface area (Å²) < 4.78 is 0.754. The second-order valence-electron chi connectivity index (χ2n) is 4.88. The minimum Gasteiger partial charge on any atom is -0.337 e. The summed E-state index contributed by atoms with van der Waals surface area (Å²) in [6, 6.07) is 4.09. The largest absolute Gasteiger partial charge is 0.337 e. The summed E-state index contributed by atoms with van der Waals surface area (Å²) in [4.78, 5) is 20.6. The topological polar surface area (TPSA) is 36.4 Å². The maximum absolute atomic E-state index is 12.3. The molecule has 98 valence electrons. The van der Waals surface area contributed by atoms with Crippen molar-refractivity contribution in [2.75, 3.05) is 27.2 Å². The molecule has 18 heavy (non-hydrogen) atoms. The minimum absolute atomic E-state index is 0.0848. The van der Waals surface area contributed by atoms with E-state index >= 15 is 0 Å². The summed E-state index contributed by atoms with van der Waals surface area (Å²) in [5.74, 6) is 0.0848. The highest BCUT2D eigenvalue weighted by molar-refractivity contribution is 9.10. The van der Waals surface area contributed by atoms with Crippen molar-refractivity contribution in [2.24, 2.45) is 0 Å². The standard InChI is InChI=1S/C13H18BrN3O/c1-16(2)11-4-3-7-17(9-11)13(18)10-5-6-12(14)15-8-10/h5-6,8,11H,3-4,7,9H2,1-2H3. The Morgan fingerprint density at radius 2 is 2.28 bits per heavy atom. The van der Waals surface area contributed by atoms with Crippen molar-refractivity contribution in [2.45, 2.75) is 18.9 Å². The third-order valence-electron chi connectivity index (χ3n) is 3.39. The number of likely N-dealkylation sites (N-methyl/N-ethyl adjacent to an activating group) is 1. The monoisotopic (exact) mass is 311 g/mol. The molecular formula is C13H18BrN3O. The lowest BCUT2D eigenvalue weighted by atomic mass is 10.0. The quantitative estimate of drug-likeness (QED) is 0.784. The van der Waals surface area contributed by atoms with Crippen LogP contribution >= 0.6 is 15.9 Å². The van der Waals surface area contributed by atoms with Crippen molar-refractivity contribution in [3.8, 4) is 0 Å². The van der Waals surface area contributed by atoms with Gasteiger partial charge in [-0.05, 0) is 55.0 Å². The third kappa shape index (κ3) is 3.09. The summed E-state index contributed by atoms with van der Waals surface area (Å²) in [5, 5.41) is 0. The van der Waals surface area contributed by atoms with Gasteiger partial charge in [0.25, 0.3) is 5.91 Å². The predicted octanol–water partition coefficient (Wildman–Crippen LogP) is 2.01. The lowest BCUT2D eigenvalue weighted by Crippen LogP contribution is -2.47. The fourth-order valence-corrected chi connectivity index (χ4v) is 2.48. The average molecular weight is 312 g/mol. The first-order valence-corrected chi connectivity index (χ1v) is 6.94. The highest BCUT2D eigenvalue weighted by Crippen LogP contribution is 2.16. The zero-order chi connectivity index (χ0) is 13.1. The van der Waals surface area contributed by atoms with Gasteiger partial charge in [0.2, 0.25) is 0 Å². The van der Waals surface area contributed by atoms with Crippen LogP contribution in [0.2, 0.25) is 0 Å². The van der Waals surface area contributed by atoms with Gasteiger partial charge in [-0.3, -0.25) is 4.79 Å². The number of nitrogens with zero attached hydrogens (tertiary/aromatic N) is 3. The van der Waals surface area contributed by atoms with E-state index in [0.717, 1.165) is 30.5 Å². The molecule has 0 N–H and O–H groups in total. The second kappa shape index (κ2) is 5.80. The van der Waals surface area contributed by atoms with Gasteiger partial charge in [0, 0.05) is 25.3 Å². The summed E-state index contributed by atoms with van der Waals surface area (Å²) in [6.45, 7) is 1.65. The van der Waals surface area contributed by atoms with Crippen molar-refractivity contribution in [1.29, 1.82) is 0 Å². The third-order valence-corrected chi connectivity index (χ3v) is 3.86. The van der Waals surface area contributed by atoms with Crippen LogP contribution in [0.5, 0.6) is 0 Å². The fourth-order valence-electron chi connectivity index (χ4n) is 2.25.